The minimum atomic E-state index is -0.926. The molecule has 2 aromatic rings. The van der Waals surface area contributed by atoms with Gasteiger partial charge in [-0.15, -0.1) is 0 Å². The molecule has 0 aromatic carbocycles. The van der Waals surface area contributed by atoms with Gasteiger partial charge in [0.1, 0.15) is 4.88 Å². The van der Waals surface area contributed by atoms with Crippen LogP contribution < -0.4 is 9.80 Å². The summed E-state index contributed by atoms with van der Waals surface area (Å²) in [6.07, 6.45) is 4.87. The van der Waals surface area contributed by atoms with Gasteiger partial charge in [-0.05, 0) is 6.07 Å². The van der Waals surface area contributed by atoms with Crippen LogP contribution in [0, 0.1) is 0 Å². The lowest BCUT2D eigenvalue weighted by Crippen LogP contribution is -2.47. The summed E-state index contributed by atoms with van der Waals surface area (Å²) >= 11 is 1.21. The lowest BCUT2D eigenvalue weighted by molar-refractivity contribution is 0.0702. The summed E-state index contributed by atoms with van der Waals surface area (Å²) in [6, 6.07) is 1.79. The molecular formula is C12H13N5O2S. The third kappa shape index (κ3) is 2.55. The lowest BCUT2D eigenvalue weighted by atomic mass is 10.3. The highest BCUT2D eigenvalue weighted by Gasteiger charge is 2.21. The largest absolute Gasteiger partial charge is 0.477 e. The normalized spacial score (nSPS) is 15.4. The molecule has 104 valence electrons. The molecule has 0 saturated carbocycles. The molecule has 1 N–H and O–H groups in total. The van der Waals surface area contributed by atoms with Crippen molar-refractivity contribution in [2.45, 2.75) is 0 Å². The number of nitrogens with zero attached hydrogens (tertiary/aromatic N) is 5. The molecule has 3 rings (SSSR count). The fourth-order valence-corrected chi connectivity index (χ4v) is 2.87. The first-order chi connectivity index (χ1) is 9.74. The van der Waals surface area contributed by atoms with Gasteiger partial charge in [-0.25, -0.2) is 19.7 Å². The predicted octanol–water partition coefficient (Wildman–Crippen LogP) is 0.958. The third-order valence-electron chi connectivity index (χ3n) is 3.09. The number of thiazole rings is 1. The van der Waals surface area contributed by atoms with Gasteiger partial charge in [-0.2, -0.15) is 0 Å². The molecule has 0 atom stereocenters. The first-order valence-electron chi connectivity index (χ1n) is 6.20. The van der Waals surface area contributed by atoms with E-state index in [9.17, 15) is 4.79 Å². The SMILES string of the molecule is O=C(O)c1cnc(N2CCN(c3ncccn3)CC2)s1. The van der Waals surface area contributed by atoms with E-state index in [0.717, 1.165) is 37.3 Å². The molecule has 1 aliphatic rings. The summed E-state index contributed by atoms with van der Waals surface area (Å²) in [5.74, 6) is -0.192. The van der Waals surface area contributed by atoms with Crippen molar-refractivity contribution in [2.24, 2.45) is 0 Å². The van der Waals surface area contributed by atoms with Crippen LogP contribution in [-0.2, 0) is 0 Å². The van der Waals surface area contributed by atoms with Gasteiger partial charge in [0.15, 0.2) is 5.13 Å². The van der Waals surface area contributed by atoms with E-state index in [1.54, 1.807) is 18.5 Å². The van der Waals surface area contributed by atoms with Gasteiger partial charge in [0.2, 0.25) is 5.95 Å². The molecule has 1 aliphatic heterocycles. The number of carboxylic acids is 1. The number of anilines is 2. The Bertz CT molecular complexity index is 595. The van der Waals surface area contributed by atoms with E-state index in [1.165, 1.54) is 17.5 Å². The lowest BCUT2D eigenvalue weighted by Gasteiger charge is -2.34. The highest BCUT2D eigenvalue weighted by atomic mass is 32.1. The van der Waals surface area contributed by atoms with Crippen molar-refractivity contribution >= 4 is 28.4 Å². The maximum absolute atomic E-state index is 10.9. The fourth-order valence-electron chi connectivity index (χ4n) is 2.06. The van der Waals surface area contributed by atoms with E-state index < -0.39 is 5.97 Å². The van der Waals surface area contributed by atoms with Gasteiger partial charge < -0.3 is 14.9 Å². The van der Waals surface area contributed by atoms with E-state index >= 15 is 0 Å². The summed E-state index contributed by atoms with van der Waals surface area (Å²) in [5.41, 5.74) is 0. The Morgan fingerprint density at radius 1 is 1.10 bits per heavy atom. The van der Waals surface area contributed by atoms with Crippen LogP contribution in [-0.4, -0.2) is 52.2 Å². The number of hydrogen-bond donors (Lipinski definition) is 1. The third-order valence-corrected chi connectivity index (χ3v) is 4.14. The zero-order chi connectivity index (χ0) is 13.9. The van der Waals surface area contributed by atoms with Gasteiger partial charge in [0.05, 0.1) is 6.20 Å². The van der Waals surface area contributed by atoms with Crippen LogP contribution in [0.1, 0.15) is 9.67 Å². The van der Waals surface area contributed by atoms with Crippen LogP contribution in [0.5, 0.6) is 0 Å². The molecule has 0 radical (unpaired) electrons. The van der Waals surface area contributed by atoms with Crippen LogP contribution in [0.4, 0.5) is 11.1 Å². The monoisotopic (exact) mass is 291 g/mol. The Kier molecular flexibility index (Phi) is 3.46. The van der Waals surface area contributed by atoms with Crippen molar-refractivity contribution in [1.29, 1.82) is 0 Å². The van der Waals surface area contributed by atoms with Crippen LogP contribution >= 0.6 is 11.3 Å². The van der Waals surface area contributed by atoms with Crippen LogP contribution in [0.2, 0.25) is 0 Å². The number of carboxylic acid groups (broad SMARTS) is 1. The predicted molar refractivity (Wildman–Crippen MR) is 75.5 cm³/mol. The molecule has 8 heteroatoms. The number of hydrogen-bond acceptors (Lipinski definition) is 7. The summed E-state index contributed by atoms with van der Waals surface area (Å²) in [5, 5.41) is 9.67. The fraction of sp³-hybridized carbons (Fsp3) is 0.333. The van der Waals surface area contributed by atoms with Gasteiger partial charge in [0, 0.05) is 38.6 Å². The molecule has 0 aliphatic carbocycles. The molecule has 3 heterocycles. The second kappa shape index (κ2) is 5.41. The highest BCUT2D eigenvalue weighted by Crippen LogP contribution is 2.24. The quantitative estimate of drug-likeness (QED) is 0.901. The Hall–Kier alpha value is -2.22. The van der Waals surface area contributed by atoms with E-state index in [0.29, 0.717) is 0 Å². The van der Waals surface area contributed by atoms with Gasteiger partial charge >= 0.3 is 5.97 Å². The first-order valence-corrected chi connectivity index (χ1v) is 7.02. The molecule has 0 spiro atoms. The molecule has 1 saturated heterocycles. The van der Waals surface area contributed by atoms with Crippen molar-refractivity contribution in [3.8, 4) is 0 Å². The van der Waals surface area contributed by atoms with E-state index in [-0.39, 0.29) is 4.88 Å². The number of carbonyl (C=O) groups is 1. The Morgan fingerprint density at radius 2 is 1.75 bits per heavy atom. The second-order valence-electron chi connectivity index (χ2n) is 4.34. The van der Waals surface area contributed by atoms with Crippen molar-refractivity contribution in [3.63, 3.8) is 0 Å². The number of aromatic carboxylic acids is 1. The smallest absolute Gasteiger partial charge is 0.347 e. The standard InChI is InChI=1S/C12H13N5O2S/c18-10(19)9-8-15-12(20-9)17-6-4-16(5-7-17)11-13-2-1-3-14-11/h1-3,8H,4-7H2,(H,18,19). The minimum Gasteiger partial charge on any atom is -0.477 e. The summed E-state index contributed by atoms with van der Waals surface area (Å²) in [4.78, 5) is 28.0. The summed E-state index contributed by atoms with van der Waals surface area (Å²) in [7, 11) is 0. The molecule has 2 aromatic heterocycles. The molecule has 0 bridgehead atoms. The first kappa shape index (κ1) is 12.8. The molecule has 0 amide bonds. The molecular weight excluding hydrogens is 278 g/mol. The van der Waals surface area contributed by atoms with Crippen molar-refractivity contribution < 1.29 is 9.90 Å². The van der Waals surface area contributed by atoms with Crippen LogP contribution in [0.3, 0.4) is 0 Å². The average molecular weight is 291 g/mol. The summed E-state index contributed by atoms with van der Waals surface area (Å²) in [6.45, 7) is 3.16. The van der Waals surface area contributed by atoms with E-state index in [1.807, 2.05) is 0 Å². The number of rotatable bonds is 3. The summed E-state index contributed by atoms with van der Waals surface area (Å²) < 4.78 is 0. The maximum atomic E-state index is 10.9. The zero-order valence-corrected chi connectivity index (χ0v) is 11.5. The van der Waals surface area contributed by atoms with Gasteiger partial charge in [-0.3, -0.25) is 0 Å². The molecule has 0 unspecified atom stereocenters. The molecule has 7 nitrogen and oxygen atoms in total. The van der Waals surface area contributed by atoms with Crippen molar-refractivity contribution in [2.75, 3.05) is 36.0 Å². The minimum absolute atomic E-state index is 0.272. The Morgan fingerprint density at radius 3 is 2.35 bits per heavy atom. The van der Waals surface area contributed by atoms with Crippen molar-refractivity contribution in [1.82, 2.24) is 15.0 Å². The van der Waals surface area contributed by atoms with Crippen LogP contribution in [0.15, 0.2) is 24.7 Å². The van der Waals surface area contributed by atoms with Gasteiger partial charge in [-0.1, -0.05) is 11.3 Å². The van der Waals surface area contributed by atoms with Gasteiger partial charge in [0.25, 0.3) is 0 Å². The molecule has 20 heavy (non-hydrogen) atoms. The van der Waals surface area contributed by atoms with Crippen LogP contribution in [0.25, 0.3) is 0 Å². The molecule has 1 fully saturated rings. The van der Waals surface area contributed by atoms with E-state index in [4.69, 9.17) is 5.11 Å². The number of aromatic nitrogens is 3. The second-order valence-corrected chi connectivity index (χ2v) is 5.34. The Labute approximate surface area is 119 Å². The number of piperazine rings is 1. The Balaban J connectivity index is 1.65. The highest BCUT2D eigenvalue weighted by molar-refractivity contribution is 7.17. The topological polar surface area (TPSA) is 82.5 Å². The average Bonchev–Trinajstić information content (AvgIpc) is 2.98. The zero-order valence-electron chi connectivity index (χ0n) is 10.6. The van der Waals surface area contributed by atoms with E-state index in [2.05, 4.69) is 24.8 Å². The maximum Gasteiger partial charge on any atom is 0.347 e. The van der Waals surface area contributed by atoms with Crippen molar-refractivity contribution in [3.05, 3.63) is 29.5 Å².